The first kappa shape index (κ1) is 17.4. The monoisotopic (exact) mass is 331 g/mol. The van der Waals surface area contributed by atoms with Gasteiger partial charge in [0.05, 0.1) is 19.1 Å². The Morgan fingerprint density at radius 1 is 1.33 bits per heavy atom. The molecular weight excluding hydrogens is 302 g/mol. The lowest BCUT2D eigenvalue weighted by Gasteiger charge is -2.32. The highest BCUT2D eigenvalue weighted by molar-refractivity contribution is 5.76. The first-order valence-electron chi connectivity index (χ1n) is 9.15. The van der Waals surface area contributed by atoms with Gasteiger partial charge in [-0.05, 0) is 37.4 Å². The van der Waals surface area contributed by atoms with E-state index >= 15 is 0 Å². The number of hydrogen-bond acceptors (Lipinski definition) is 4. The molecule has 1 aromatic rings. The molecule has 3 rings (SSSR count). The number of hydrogen-bond donors (Lipinski definition) is 2. The molecule has 2 aliphatic heterocycles. The second kappa shape index (κ2) is 9.16. The van der Waals surface area contributed by atoms with E-state index in [1.165, 1.54) is 18.4 Å². The van der Waals surface area contributed by atoms with E-state index in [0.29, 0.717) is 18.9 Å². The summed E-state index contributed by atoms with van der Waals surface area (Å²) >= 11 is 0. The number of carbonyl (C=O) groups is 1. The number of benzene rings is 1. The summed E-state index contributed by atoms with van der Waals surface area (Å²) in [5, 5.41) is 6.47. The van der Waals surface area contributed by atoms with Crippen LogP contribution in [-0.2, 0) is 16.1 Å². The van der Waals surface area contributed by atoms with Gasteiger partial charge >= 0.3 is 0 Å². The third-order valence-corrected chi connectivity index (χ3v) is 4.87. The molecule has 24 heavy (non-hydrogen) atoms. The standard InChI is InChI=1S/C19H29N3O2/c23-19(21-13-17-7-4-8-20-12-17)11-18-15-22(9-10-24-18)14-16-5-2-1-3-6-16/h1-3,5-6,17-18,20H,4,7-15H2,(H,21,23). The Morgan fingerprint density at radius 3 is 3.00 bits per heavy atom. The van der Waals surface area contributed by atoms with E-state index in [0.717, 1.165) is 39.3 Å². The molecule has 0 aliphatic carbocycles. The molecule has 5 heteroatoms. The van der Waals surface area contributed by atoms with E-state index in [-0.39, 0.29) is 12.0 Å². The van der Waals surface area contributed by atoms with E-state index < -0.39 is 0 Å². The Balaban J connectivity index is 1.39. The lowest BCUT2D eigenvalue weighted by atomic mass is 10.00. The Hall–Kier alpha value is -1.43. The molecule has 1 amide bonds. The summed E-state index contributed by atoms with van der Waals surface area (Å²) in [5.41, 5.74) is 1.31. The van der Waals surface area contributed by atoms with Crippen molar-refractivity contribution in [2.24, 2.45) is 5.92 Å². The number of morpholine rings is 1. The number of rotatable bonds is 6. The third kappa shape index (κ3) is 5.58. The van der Waals surface area contributed by atoms with Crippen molar-refractivity contribution in [3.63, 3.8) is 0 Å². The fraction of sp³-hybridized carbons (Fsp3) is 0.632. The van der Waals surface area contributed by atoms with Gasteiger partial charge in [0.2, 0.25) is 5.91 Å². The molecule has 2 N–H and O–H groups in total. The molecule has 1 aromatic carbocycles. The van der Waals surface area contributed by atoms with Crippen LogP contribution in [0.5, 0.6) is 0 Å². The maximum Gasteiger partial charge on any atom is 0.222 e. The Morgan fingerprint density at radius 2 is 2.21 bits per heavy atom. The van der Waals surface area contributed by atoms with Crippen LogP contribution in [0.3, 0.4) is 0 Å². The number of piperidine rings is 1. The van der Waals surface area contributed by atoms with E-state index in [1.807, 2.05) is 6.07 Å². The highest BCUT2D eigenvalue weighted by Crippen LogP contribution is 2.13. The van der Waals surface area contributed by atoms with Gasteiger partial charge in [-0.15, -0.1) is 0 Å². The van der Waals surface area contributed by atoms with Gasteiger partial charge in [-0.3, -0.25) is 9.69 Å². The number of nitrogens with zero attached hydrogens (tertiary/aromatic N) is 1. The van der Waals surface area contributed by atoms with Crippen LogP contribution in [0, 0.1) is 5.92 Å². The van der Waals surface area contributed by atoms with Crippen molar-refractivity contribution < 1.29 is 9.53 Å². The van der Waals surface area contributed by atoms with Crippen LogP contribution in [0.15, 0.2) is 30.3 Å². The number of nitrogens with one attached hydrogen (secondary N) is 2. The average molecular weight is 331 g/mol. The van der Waals surface area contributed by atoms with E-state index in [1.54, 1.807) is 0 Å². The summed E-state index contributed by atoms with van der Waals surface area (Å²) in [6.45, 7) is 6.30. The molecule has 2 fully saturated rings. The van der Waals surface area contributed by atoms with E-state index in [2.05, 4.69) is 39.8 Å². The average Bonchev–Trinajstić information content (AvgIpc) is 2.62. The highest BCUT2D eigenvalue weighted by Gasteiger charge is 2.23. The number of amides is 1. The highest BCUT2D eigenvalue weighted by atomic mass is 16.5. The molecule has 2 atom stereocenters. The van der Waals surface area contributed by atoms with Gasteiger partial charge in [0.1, 0.15) is 0 Å². The summed E-state index contributed by atoms with van der Waals surface area (Å²) in [4.78, 5) is 14.6. The van der Waals surface area contributed by atoms with Gasteiger partial charge in [0.25, 0.3) is 0 Å². The second-order valence-corrected chi connectivity index (χ2v) is 6.93. The van der Waals surface area contributed by atoms with E-state index in [4.69, 9.17) is 4.74 Å². The molecule has 0 aromatic heterocycles. The molecule has 132 valence electrons. The van der Waals surface area contributed by atoms with Crippen molar-refractivity contribution in [2.75, 3.05) is 39.3 Å². The predicted molar refractivity (Wildman–Crippen MR) is 94.7 cm³/mol. The van der Waals surface area contributed by atoms with Crippen molar-refractivity contribution in [1.82, 2.24) is 15.5 Å². The molecule has 5 nitrogen and oxygen atoms in total. The number of carbonyl (C=O) groups excluding carboxylic acids is 1. The zero-order chi connectivity index (χ0) is 16.6. The van der Waals surface area contributed by atoms with Gasteiger partial charge in [0.15, 0.2) is 0 Å². The molecule has 0 spiro atoms. The van der Waals surface area contributed by atoms with Gasteiger partial charge in [-0.2, -0.15) is 0 Å². The predicted octanol–water partition coefficient (Wildman–Crippen LogP) is 1.39. The largest absolute Gasteiger partial charge is 0.375 e. The minimum absolute atomic E-state index is 0.00643. The first-order chi connectivity index (χ1) is 11.8. The number of ether oxygens (including phenoxy) is 1. The minimum atomic E-state index is 0.00643. The molecule has 2 heterocycles. The van der Waals surface area contributed by atoms with Crippen LogP contribution in [0.1, 0.15) is 24.8 Å². The van der Waals surface area contributed by atoms with Crippen LogP contribution >= 0.6 is 0 Å². The van der Waals surface area contributed by atoms with Crippen LogP contribution < -0.4 is 10.6 Å². The van der Waals surface area contributed by atoms with Gasteiger partial charge in [-0.1, -0.05) is 30.3 Å². The van der Waals surface area contributed by atoms with Crippen LogP contribution in [0.4, 0.5) is 0 Å². The quantitative estimate of drug-likeness (QED) is 0.827. The molecule has 2 saturated heterocycles. The maximum atomic E-state index is 12.2. The molecule has 2 aliphatic rings. The molecular formula is C19H29N3O2. The summed E-state index contributed by atoms with van der Waals surface area (Å²) < 4.78 is 5.79. The third-order valence-electron chi connectivity index (χ3n) is 4.87. The van der Waals surface area contributed by atoms with Crippen LogP contribution in [0.25, 0.3) is 0 Å². The van der Waals surface area contributed by atoms with Crippen LogP contribution in [-0.4, -0.2) is 56.2 Å². The smallest absolute Gasteiger partial charge is 0.222 e. The second-order valence-electron chi connectivity index (χ2n) is 6.93. The Labute approximate surface area is 144 Å². The minimum Gasteiger partial charge on any atom is -0.375 e. The summed E-state index contributed by atoms with van der Waals surface area (Å²) in [6.07, 6.45) is 2.89. The normalized spacial score (nSPS) is 25.3. The van der Waals surface area contributed by atoms with Crippen LogP contribution in [0.2, 0.25) is 0 Å². The fourth-order valence-electron chi connectivity index (χ4n) is 3.52. The molecule has 0 saturated carbocycles. The lowest BCUT2D eigenvalue weighted by Crippen LogP contribution is -2.45. The Kier molecular flexibility index (Phi) is 6.64. The van der Waals surface area contributed by atoms with Gasteiger partial charge in [0, 0.05) is 26.2 Å². The van der Waals surface area contributed by atoms with Gasteiger partial charge in [-0.25, -0.2) is 0 Å². The van der Waals surface area contributed by atoms with Gasteiger partial charge < -0.3 is 15.4 Å². The van der Waals surface area contributed by atoms with Crippen molar-refractivity contribution in [3.05, 3.63) is 35.9 Å². The molecule has 0 radical (unpaired) electrons. The van der Waals surface area contributed by atoms with E-state index in [9.17, 15) is 4.79 Å². The first-order valence-corrected chi connectivity index (χ1v) is 9.15. The lowest BCUT2D eigenvalue weighted by molar-refractivity contribution is -0.126. The molecule has 0 bridgehead atoms. The summed E-state index contributed by atoms with van der Waals surface area (Å²) in [7, 11) is 0. The van der Waals surface area contributed by atoms with Crippen molar-refractivity contribution in [1.29, 1.82) is 0 Å². The van der Waals surface area contributed by atoms with Crippen molar-refractivity contribution in [3.8, 4) is 0 Å². The maximum absolute atomic E-state index is 12.2. The zero-order valence-electron chi connectivity index (χ0n) is 14.4. The topological polar surface area (TPSA) is 53.6 Å². The van der Waals surface area contributed by atoms with Crippen molar-refractivity contribution >= 4 is 5.91 Å². The summed E-state index contributed by atoms with van der Waals surface area (Å²) in [6, 6.07) is 10.5. The molecule has 2 unspecified atom stereocenters. The van der Waals surface area contributed by atoms with Crippen molar-refractivity contribution in [2.45, 2.75) is 31.9 Å². The zero-order valence-corrected chi connectivity index (χ0v) is 14.4. The fourth-order valence-corrected chi connectivity index (χ4v) is 3.52. The summed E-state index contributed by atoms with van der Waals surface area (Å²) in [5.74, 6) is 0.691. The Bertz CT molecular complexity index is 503. The SMILES string of the molecule is O=C(CC1CN(Cc2ccccc2)CCO1)NCC1CCCNC1.